The van der Waals surface area contributed by atoms with Crippen molar-refractivity contribution in [3.05, 3.63) is 0 Å². The third kappa shape index (κ3) is 2.68. The number of hydrogen-bond donors (Lipinski definition) is 1. The van der Waals surface area contributed by atoms with Gasteiger partial charge < -0.3 is 10.1 Å². The van der Waals surface area contributed by atoms with Gasteiger partial charge in [-0.25, -0.2) is 0 Å². The first-order valence-electron chi connectivity index (χ1n) is 5.34. The third-order valence-corrected chi connectivity index (χ3v) is 2.89. The van der Waals surface area contributed by atoms with Crippen LogP contribution in [-0.4, -0.2) is 24.8 Å². The molecule has 1 aliphatic rings. The van der Waals surface area contributed by atoms with Gasteiger partial charge in [-0.15, -0.1) is 0 Å². The highest BCUT2D eigenvalue weighted by molar-refractivity contribution is 4.86. The Balaban J connectivity index is 2.55. The fourth-order valence-corrected chi connectivity index (χ4v) is 1.76. The SMILES string of the molecule is CCC1OC(C(C)(C)C)CNC1C. The molecule has 0 aromatic heterocycles. The van der Waals surface area contributed by atoms with Crippen molar-refractivity contribution in [3.8, 4) is 0 Å². The Morgan fingerprint density at radius 1 is 1.38 bits per heavy atom. The molecule has 0 amide bonds. The van der Waals surface area contributed by atoms with Crippen LogP contribution < -0.4 is 5.32 Å². The Bertz CT molecular complexity index is 162. The van der Waals surface area contributed by atoms with Crippen LogP contribution in [0.3, 0.4) is 0 Å². The molecule has 1 saturated heterocycles. The van der Waals surface area contributed by atoms with Gasteiger partial charge in [0, 0.05) is 12.6 Å². The molecule has 78 valence electrons. The maximum absolute atomic E-state index is 6.05. The minimum absolute atomic E-state index is 0.251. The molecule has 3 atom stereocenters. The van der Waals surface area contributed by atoms with Crippen LogP contribution in [-0.2, 0) is 4.74 Å². The van der Waals surface area contributed by atoms with Crippen molar-refractivity contribution < 1.29 is 4.74 Å². The maximum Gasteiger partial charge on any atom is 0.0752 e. The van der Waals surface area contributed by atoms with Crippen LogP contribution in [0, 0.1) is 5.41 Å². The van der Waals surface area contributed by atoms with E-state index in [4.69, 9.17) is 4.74 Å². The summed E-state index contributed by atoms with van der Waals surface area (Å²) in [5.41, 5.74) is 0.251. The van der Waals surface area contributed by atoms with E-state index >= 15 is 0 Å². The number of rotatable bonds is 1. The van der Waals surface area contributed by atoms with Gasteiger partial charge in [-0.1, -0.05) is 27.7 Å². The van der Waals surface area contributed by atoms with E-state index in [0.717, 1.165) is 13.0 Å². The average Bonchev–Trinajstić information content (AvgIpc) is 2.03. The first-order chi connectivity index (χ1) is 5.95. The Morgan fingerprint density at radius 2 is 2.00 bits per heavy atom. The molecule has 0 aromatic rings. The number of morpholine rings is 1. The molecule has 1 N–H and O–H groups in total. The number of ether oxygens (including phenoxy) is 1. The van der Waals surface area contributed by atoms with Gasteiger partial charge in [0.05, 0.1) is 12.2 Å². The monoisotopic (exact) mass is 185 g/mol. The van der Waals surface area contributed by atoms with Gasteiger partial charge in [-0.3, -0.25) is 0 Å². The lowest BCUT2D eigenvalue weighted by Crippen LogP contribution is -2.54. The molecule has 3 unspecified atom stereocenters. The van der Waals surface area contributed by atoms with E-state index in [1.165, 1.54) is 0 Å². The van der Waals surface area contributed by atoms with Gasteiger partial charge in [-0.2, -0.15) is 0 Å². The molecule has 0 radical (unpaired) electrons. The summed E-state index contributed by atoms with van der Waals surface area (Å²) in [6.07, 6.45) is 1.84. The predicted molar refractivity (Wildman–Crippen MR) is 55.9 cm³/mol. The molecular formula is C11H23NO. The van der Waals surface area contributed by atoms with Gasteiger partial charge in [0.1, 0.15) is 0 Å². The molecule has 1 fully saturated rings. The highest BCUT2D eigenvalue weighted by atomic mass is 16.5. The Kier molecular flexibility index (Phi) is 3.36. The highest BCUT2D eigenvalue weighted by Gasteiger charge is 2.33. The number of hydrogen-bond acceptors (Lipinski definition) is 2. The molecule has 1 rings (SSSR count). The number of nitrogens with one attached hydrogen (secondary N) is 1. The van der Waals surface area contributed by atoms with Crippen molar-refractivity contribution in [2.45, 2.75) is 59.3 Å². The van der Waals surface area contributed by atoms with Gasteiger partial charge in [0.25, 0.3) is 0 Å². The Morgan fingerprint density at radius 3 is 2.46 bits per heavy atom. The van der Waals surface area contributed by atoms with Crippen LogP contribution in [0.1, 0.15) is 41.0 Å². The van der Waals surface area contributed by atoms with Crippen LogP contribution in [0.25, 0.3) is 0 Å². The summed E-state index contributed by atoms with van der Waals surface area (Å²) in [7, 11) is 0. The minimum Gasteiger partial charge on any atom is -0.372 e. The van der Waals surface area contributed by atoms with Gasteiger partial charge >= 0.3 is 0 Å². The van der Waals surface area contributed by atoms with Crippen molar-refractivity contribution in [2.75, 3.05) is 6.54 Å². The molecule has 13 heavy (non-hydrogen) atoms. The molecule has 2 nitrogen and oxygen atoms in total. The van der Waals surface area contributed by atoms with Crippen LogP contribution in [0.4, 0.5) is 0 Å². The van der Waals surface area contributed by atoms with Gasteiger partial charge in [0.15, 0.2) is 0 Å². The summed E-state index contributed by atoms with van der Waals surface area (Å²) in [5, 5.41) is 3.51. The summed E-state index contributed by atoms with van der Waals surface area (Å²) in [4.78, 5) is 0. The van der Waals surface area contributed by atoms with Crippen LogP contribution in [0.5, 0.6) is 0 Å². The average molecular weight is 185 g/mol. The van der Waals surface area contributed by atoms with Crippen LogP contribution >= 0.6 is 0 Å². The van der Waals surface area contributed by atoms with E-state index in [2.05, 4.69) is 39.9 Å². The lowest BCUT2D eigenvalue weighted by Gasteiger charge is -2.41. The Labute approximate surface area is 82.0 Å². The van der Waals surface area contributed by atoms with Crippen LogP contribution in [0.2, 0.25) is 0 Å². The molecule has 0 saturated carbocycles. The minimum atomic E-state index is 0.251. The summed E-state index contributed by atoms with van der Waals surface area (Å²) in [5.74, 6) is 0. The molecule has 2 heteroatoms. The van der Waals surface area contributed by atoms with Crippen molar-refractivity contribution in [1.29, 1.82) is 0 Å². The molecule has 0 aromatic carbocycles. The topological polar surface area (TPSA) is 21.3 Å². The summed E-state index contributed by atoms with van der Waals surface area (Å²) in [6, 6.07) is 0.503. The van der Waals surface area contributed by atoms with E-state index in [0.29, 0.717) is 18.2 Å². The van der Waals surface area contributed by atoms with E-state index in [1.807, 2.05) is 0 Å². The largest absolute Gasteiger partial charge is 0.372 e. The molecule has 1 heterocycles. The van der Waals surface area contributed by atoms with Crippen LogP contribution in [0.15, 0.2) is 0 Å². The van der Waals surface area contributed by atoms with Crippen molar-refractivity contribution in [3.63, 3.8) is 0 Å². The highest BCUT2D eigenvalue weighted by Crippen LogP contribution is 2.26. The molecule has 0 aliphatic carbocycles. The standard InChI is InChI=1S/C11H23NO/c1-6-9-8(2)12-7-10(13-9)11(3,4)5/h8-10,12H,6-7H2,1-5H3. The fourth-order valence-electron chi connectivity index (χ4n) is 1.76. The first-order valence-corrected chi connectivity index (χ1v) is 5.34. The summed E-state index contributed by atoms with van der Waals surface area (Å²) >= 11 is 0. The summed E-state index contributed by atoms with van der Waals surface area (Å²) in [6.45, 7) is 12.1. The first kappa shape index (κ1) is 11.0. The smallest absolute Gasteiger partial charge is 0.0752 e. The Hall–Kier alpha value is -0.0800. The van der Waals surface area contributed by atoms with E-state index in [-0.39, 0.29) is 5.41 Å². The molecule has 0 bridgehead atoms. The molecule has 1 aliphatic heterocycles. The maximum atomic E-state index is 6.05. The van der Waals surface area contributed by atoms with Crippen molar-refractivity contribution >= 4 is 0 Å². The third-order valence-electron chi connectivity index (χ3n) is 2.89. The second-order valence-corrected chi connectivity index (χ2v) is 5.13. The summed E-state index contributed by atoms with van der Waals surface area (Å²) < 4.78 is 6.05. The van der Waals surface area contributed by atoms with Crippen molar-refractivity contribution in [2.24, 2.45) is 5.41 Å². The molecular weight excluding hydrogens is 162 g/mol. The van der Waals surface area contributed by atoms with Crippen molar-refractivity contribution in [1.82, 2.24) is 5.32 Å². The zero-order chi connectivity index (χ0) is 10.1. The predicted octanol–water partition coefficient (Wildman–Crippen LogP) is 2.19. The van der Waals surface area contributed by atoms with E-state index in [1.54, 1.807) is 0 Å². The fraction of sp³-hybridized carbons (Fsp3) is 1.00. The second-order valence-electron chi connectivity index (χ2n) is 5.13. The zero-order valence-electron chi connectivity index (χ0n) is 9.55. The second kappa shape index (κ2) is 3.97. The molecule has 0 spiro atoms. The lowest BCUT2D eigenvalue weighted by molar-refractivity contribution is -0.104. The van der Waals surface area contributed by atoms with Gasteiger partial charge in [0.2, 0.25) is 0 Å². The lowest BCUT2D eigenvalue weighted by atomic mass is 9.87. The normalized spacial score (nSPS) is 36.2. The van der Waals surface area contributed by atoms with E-state index < -0.39 is 0 Å². The quantitative estimate of drug-likeness (QED) is 0.676. The zero-order valence-corrected chi connectivity index (χ0v) is 9.55. The van der Waals surface area contributed by atoms with Gasteiger partial charge in [-0.05, 0) is 18.8 Å². The van der Waals surface area contributed by atoms with E-state index in [9.17, 15) is 0 Å².